The minimum atomic E-state index is 0.233. The SMILES string of the molecule is Cc1ccc(CNC(C)(C)C2CCCC2)o1. The van der Waals surface area contributed by atoms with Crippen LogP contribution in [0.25, 0.3) is 0 Å². The topological polar surface area (TPSA) is 25.2 Å². The van der Waals surface area contributed by atoms with Gasteiger partial charge in [-0.15, -0.1) is 0 Å². The van der Waals surface area contributed by atoms with Gasteiger partial charge in [0.1, 0.15) is 11.5 Å². The highest BCUT2D eigenvalue weighted by molar-refractivity contribution is 5.06. The third kappa shape index (κ3) is 2.67. The molecule has 1 heterocycles. The van der Waals surface area contributed by atoms with Crippen LogP contribution in [-0.2, 0) is 6.54 Å². The van der Waals surface area contributed by atoms with E-state index in [1.54, 1.807) is 0 Å². The second-order valence-corrected chi connectivity index (χ2v) is 5.57. The van der Waals surface area contributed by atoms with E-state index in [9.17, 15) is 0 Å². The first-order valence-electron chi connectivity index (χ1n) is 6.38. The van der Waals surface area contributed by atoms with E-state index < -0.39 is 0 Å². The second kappa shape index (κ2) is 4.62. The molecule has 1 saturated carbocycles. The third-order valence-electron chi connectivity index (χ3n) is 3.89. The molecule has 90 valence electrons. The molecule has 0 aliphatic heterocycles. The van der Waals surface area contributed by atoms with E-state index in [1.807, 2.05) is 13.0 Å². The standard InChI is InChI=1S/C14H23NO/c1-11-8-9-13(16-11)10-15-14(2,3)12-6-4-5-7-12/h8-9,12,15H,4-7,10H2,1-3H3. The maximum Gasteiger partial charge on any atom is 0.117 e. The van der Waals surface area contributed by atoms with Gasteiger partial charge in [0.25, 0.3) is 0 Å². The molecule has 1 aromatic heterocycles. The molecule has 2 rings (SSSR count). The van der Waals surface area contributed by atoms with Crippen molar-refractivity contribution in [3.05, 3.63) is 23.7 Å². The summed E-state index contributed by atoms with van der Waals surface area (Å²) >= 11 is 0. The Labute approximate surface area is 98.4 Å². The van der Waals surface area contributed by atoms with Crippen molar-refractivity contribution in [3.63, 3.8) is 0 Å². The molecule has 0 atom stereocenters. The Balaban J connectivity index is 1.88. The number of furan rings is 1. The lowest BCUT2D eigenvalue weighted by atomic mass is 9.86. The Morgan fingerprint density at radius 2 is 2.00 bits per heavy atom. The highest BCUT2D eigenvalue weighted by Crippen LogP contribution is 2.33. The van der Waals surface area contributed by atoms with Crippen LogP contribution < -0.4 is 5.32 Å². The molecule has 0 aromatic carbocycles. The second-order valence-electron chi connectivity index (χ2n) is 5.57. The number of nitrogens with one attached hydrogen (secondary N) is 1. The van der Waals surface area contributed by atoms with Gasteiger partial charge in [-0.25, -0.2) is 0 Å². The molecule has 0 bridgehead atoms. The molecule has 1 aliphatic carbocycles. The van der Waals surface area contributed by atoms with Crippen LogP contribution in [0.2, 0.25) is 0 Å². The Morgan fingerprint density at radius 1 is 1.31 bits per heavy atom. The van der Waals surface area contributed by atoms with Gasteiger partial charge in [0.2, 0.25) is 0 Å². The maximum absolute atomic E-state index is 5.58. The molecule has 0 amide bonds. The number of hydrogen-bond donors (Lipinski definition) is 1. The van der Waals surface area contributed by atoms with Crippen LogP contribution >= 0.6 is 0 Å². The average molecular weight is 221 g/mol. The summed E-state index contributed by atoms with van der Waals surface area (Å²) in [5.74, 6) is 2.86. The molecule has 0 saturated heterocycles. The average Bonchev–Trinajstić information content (AvgIpc) is 2.85. The fourth-order valence-electron chi connectivity index (χ4n) is 2.69. The summed E-state index contributed by atoms with van der Waals surface area (Å²) in [5.41, 5.74) is 0.233. The quantitative estimate of drug-likeness (QED) is 0.839. The molecule has 1 aromatic rings. The molecule has 16 heavy (non-hydrogen) atoms. The first-order valence-corrected chi connectivity index (χ1v) is 6.38. The van der Waals surface area contributed by atoms with E-state index >= 15 is 0 Å². The highest BCUT2D eigenvalue weighted by atomic mass is 16.3. The first-order chi connectivity index (χ1) is 7.58. The summed E-state index contributed by atoms with van der Waals surface area (Å²) in [5, 5.41) is 3.64. The zero-order valence-corrected chi connectivity index (χ0v) is 10.7. The van der Waals surface area contributed by atoms with Crippen molar-refractivity contribution >= 4 is 0 Å². The Kier molecular flexibility index (Phi) is 3.38. The smallest absolute Gasteiger partial charge is 0.117 e. The lowest BCUT2D eigenvalue weighted by Gasteiger charge is -2.32. The van der Waals surface area contributed by atoms with Gasteiger partial charge >= 0.3 is 0 Å². The van der Waals surface area contributed by atoms with Gasteiger partial charge in [-0.1, -0.05) is 12.8 Å². The molecule has 1 fully saturated rings. The van der Waals surface area contributed by atoms with Crippen molar-refractivity contribution in [2.24, 2.45) is 5.92 Å². The maximum atomic E-state index is 5.58. The van der Waals surface area contributed by atoms with Crippen molar-refractivity contribution in [1.82, 2.24) is 5.32 Å². The van der Waals surface area contributed by atoms with Crippen LogP contribution in [0, 0.1) is 12.8 Å². The van der Waals surface area contributed by atoms with Gasteiger partial charge in [-0.2, -0.15) is 0 Å². The van der Waals surface area contributed by atoms with Crippen LogP contribution in [-0.4, -0.2) is 5.54 Å². The van der Waals surface area contributed by atoms with E-state index in [0.29, 0.717) is 0 Å². The molecule has 2 nitrogen and oxygen atoms in total. The van der Waals surface area contributed by atoms with Crippen LogP contribution in [0.15, 0.2) is 16.5 Å². The summed E-state index contributed by atoms with van der Waals surface area (Å²) in [6, 6.07) is 4.09. The van der Waals surface area contributed by atoms with E-state index in [4.69, 9.17) is 4.42 Å². The molecule has 1 aliphatic rings. The molecule has 0 radical (unpaired) electrons. The van der Waals surface area contributed by atoms with Crippen molar-refractivity contribution in [1.29, 1.82) is 0 Å². The zero-order valence-electron chi connectivity index (χ0n) is 10.7. The lowest BCUT2D eigenvalue weighted by Crippen LogP contribution is -2.44. The number of hydrogen-bond acceptors (Lipinski definition) is 2. The highest BCUT2D eigenvalue weighted by Gasteiger charge is 2.31. The first kappa shape index (κ1) is 11.7. The monoisotopic (exact) mass is 221 g/mol. The van der Waals surface area contributed by atoms with E-state index in [1.165, 1.54) is 25.7 Å². The van der Waals surface area contributed by atoms with E-state index in [2.05, 4.69) is 25.2 Å². The molecule has 2 heteroatoms. The Hall–Kier alpha value is -0.760. The minimum Gasteiger partial charge on any atom is -0.465 e. The van der Waals surface area contributed by atoms with Gasteiger partial charge in [-0.3, -0.25) is 0 Å². The van der Waals surface area contributed by atoms with Gasteiger partial charge in [0, 0.05) is 5.54 Å². The van der Waals surface area contributed by atoms with Crippen molar-refractivity contribution < 1.29 is 4.42 Å². The largest absolute Gasteiger partial charge is 0.465 e. The van der Waals surface area contributed by atoms with Gasteiger partial charge in [0.15, 0.2) is 0 Å². The normalized spacial score (nSPS) is 18.2. The van der Waals surface area contributed by atoms with Crippen LogP contribution in [0.5, 0.6) is 0 Å². The van der Waals surface area contributed by atoms with E-state index in [0.717, 1.165) is 24.0 Å². The Bertz CT molecular complexity index is 334. The van der Waals surface area contributed by atoms with Gasteiger partial charge in [0.05, 0.1) is 6.54 Å². The van der Waals surface area contributed by atoms with Crippen LogP contribution in [0.4, 0.5) is 0 Å². The predicted molar refractivity (Wildman–Crippen MR) is 66.3 cm³/mol. The minimum absolute atomic E-state index is 0.233. The summed E-state index contributed by atoms with van der Waals surface area (Å²) < 4.78 is 5.58. The number of aryl methyl sites for hydroxylation is 1. The Morgan fingerprint density at radius 3 is 2.56 bits per heavy atom. The lowest BCUT2D eigenvalue weighted by molar-refractivity contribution is 0.246. The fraction of sp³-hybridized carbons (Fsp3) is 0.714. The molecular formula is C14H23NO. The summed E-state index contributed by atoms with van der Waals surface area (Å²) in [7, 11) is 0. The molecule has 0 spiro atoms. The molecular weight excluding hydrogens is 198 g/mol. The van der Waals surface area contributed by atoms with Gasteiger partial charge < -0.3 is 9.73 Å². The summed E-state index contributed by atoms with van der Waals surface area (Å²) in [6.45, 7) is 7.47. The van der Waals surface area contributed by atoms with Crippen molar-refractivity contribution in [2.45, 2.75) is 58.5 Å². The summed E-state index contributed by atoms with van der Waals surface area (Å²) in [4.78, 5) is 0. The zero-order chi connectivity index (χ0) is 11.6. The van der Waals surface area contributed by atoms with Crippen molar-refractivity contribution in [3.8, 4) is 0 Å². The predicted octanol–water partition coefficient (Wildman–Crippen LogP) is 3.65. The molecule has 1 N–H and O–H groups in total. The van der Waals surface area contributed by atoms with Gasteiger partial charge in [-0.05, 0) is 51.7 Å². The fourth-order valence-corrected chi connectivity index (χ4v) is 2.69. The third-order valence-corrected chi connectivity index (χ3v) is 3.89. The molecule has 0 unspecified atom stereocenters. The van der Waals surface area contributed by atoms with Crippen LogP contribution in [0.1, 0.15) is 51.1 Å². The number of rotatable bonds is 4. The van der Waals surface area contributed by atoms with E-state index in [-0.39, 0.29) is 5.54 Å². The van der Waals surface area contributed by atoms with Crippen LogP contribution in [0.3, 0.4) is 0 Å². The van der Waals surface area contributed by atoms with Crippen molar-refractivity contribution in [2.75, 3.05) is 0 Å². The summed E-state index contributed by atoms with van der Waals surface area (Å²) in [6.07, 6.45) is 5.54.